The summed E-state index contributed by atoms with van der Waals surface area (Å²) in [6.45, 7) is 2.35. The molecule has 7 nitrogen and oxygen atoms in total. The quantitative estimate of drug-likeness (QED) is 0.432. The lowest BCUT2D eigenvalue weighted by Gasteiger charge is -2.35. The average Bonchev–Trinajstić information content (AvgIpc) is 3.22. The Labute approximate surface area is 224 Å². The third-order valence-corrected chi connectivity index (χ3v) is 9.94. The van der Waals surface area contributed by atoms with Gasteiger partial charge in [-0.15, -0.1) is 0 Å². The molecule has 0 bridgehead atoms. The van der Waals surface area contributed by atoms with E-state index in [1.807, 2.05) is 18.0 Å². The van der Waals surface area contributed by atoms with Crippen LogP contribution in [-0.2, 0) is 19.5 Å². The number of amides is 2. The first-order valence-electron chi connectivity index (χ1n) is 11.7. The number of aromatic nitrogens is 2. The summed E-state index contributed by atoms with van der Waals surface area (Å²) in [5.74, 6) is -0.254. The molecule has 2 aliphatic rings. The van der Waals surface area contributed by atoms with E-state index in [2.05, 4.69) is 4.74 Å². The van der Waals surface area contributed by atoms with Gasteiger partial charge in [-0.1, -0.05) is 35.3 Å². The molecule has 0 saturated heterocycles. The predicted octanol–water partition coefficient (Wildman–Crippen LogP) is 4.36. The van der Waals surface area contributed by atoms with Gasteiger partial charge in [0, 0.05) is 30.1 Å². The highest BCUT2D eigenvalue weighted by molar-refractivity contribution is 6.71. The van der Waals surface area contributed by atoms with Crippen LogP contribution in [0.1, 0.15) is 39.0 Å². The molecule has 1 radical (unpaired) electrons. The lowest BCUT2D eigenvalue weighted by atomic mass is 9.98. The molecule has 0 spiro atoms. The minimum atomic E-state index is -2.89. The van der Waals surface area contributed by atoms with Gasteiger partial charge in [0.05, 0.1) is 28.8 Å². The van der Waals surface area contributed by atoms with E-state index < -0.39 is 15.6 Å². The molecular formula is C25H23Cl2F2N4O3Si. The second-order valence-electron chi connectivity index (χ2n) is 9.06. The summed E-state index contributed by atoms with van der Waals surface area (Å²) in [5, 5.41) is 6.28. The summed E-state index contributed by atoms with van der Waals surface area (Å²) in [6.07, 6.45) is 0.533. The maximum atomic E-state index is 13.7. The Bertz CT molecular complexity index is 1370. The maximum Gasteiger partial charge on any atom is 0.387 e. The molecule has 2 aliphatic heterocycles. The van der Waals surface area contributed by atoms with Crippen molar-refractivity contribution in [3.63, 3.8) is 0 Å². The monoisotopic (exact) mass is 563 g/mol. The van der Waals surface area contributed by atoms with E-state index in [4.69, 9.17) is 28.3 Å². The van der Waals surface area contributed by atoms with Gasteiger partial charge in [0.25, 0.3) is 11.8 Å². The Balaban J connectivity index is 1.39. The van der Waals surface area contributed by atoms with Gasteiger partial charge in [0.15, 0.2) is 0 Å². The van der Waals surface area contributed by atoms with Crippen molar-refractivity contribution in [1.29, 1.82) is 0 Å². The summed E-state index contributed by atoms with van der Waals surface area (Å²) >= 11 is 12.1. The Hall–Kier alpha value is -2.95. The number of fused-ring (bicyclic) bond motifs is 3. The zero-order chi connectivity index (χ0) is 26.4. The minimum Gasteiger partial charge on any atom is -0.435 e. The minimum absolute atomic E-state index is 0.0755. The highest BCUT2D eigenvalue weighted by Gasteiger charge is 2.39. The number of hydrogen-bond acceptors (Lipinski definition) is 4. The smallest absolute Gasteiger partial charge is 0.387 e. The van der Waals surface area contributed by atoms with E-state index in [1.54, 1.807) is 39.9 Å². The zero-order valence-corrected chi connectivity index (χ0v) is 22.6. The number of halogens is 4. The second-order valence-corrected chi connectivity index (χ2v) is 12.2. The van der Waals surface area contributed by atoms with Crippen LogP contribution in [0.4, 0.5) is 8.78 Å². The van der Waals surface area contributed by atoms with Gasteiger partial charge >= 0.3 is 6.61 Å². The van der Waals surface area contributed by atoms with Gasteiger partial charge in [0.1, 0.15) is 11.4 Å². The zero-order valence-electron chi connectivity index (χ0n) is 20.1. The Morgan fingerprint density at radius 3 is 2.54 bits per heavy atom. The van der Waals surface area contributed by atoms with E-state index in [9.17, 15) is 18.4 Å². The lowest BCUT2D eigenvalue weighted by molar-refractivity contribution is -0.0498. The van der Waals surface area contributed by atoms with Crippen LogP contribution in [0.5, 0.6) is 5.75 Å². The molecule has 37 heavy (non-hydrogen) atoms. The second kappa shape index (κ2) is 10.1. The molecule has 1 aromatic heterocycles. The number of carbonyl (C=O) groups is 2. The van der Waals surface area contributed by atoms with E-state index in [0.29, 0.717) is 40.8 Å². The topological polar surface area (TPSA) is 67.7 Å². The molecule has 193 valence electrons. The standard InChI is InChI=1S/C25H23Cl2F2N4O3Si/c1-14-11-21-18(13-31(14)23(34)15-3-8-19(26)20(27)12-15)22-24(35)33(10-9-32(22)30-21)37(2)17-6-4-16(5-7-17)36-25(28)29/h3-8,12,14,25H,9-11,13H2,1-2H3/t14-/m1/s1. The van der Waals surface area contributed by atoms with Crippen molar-refractivity contribution in [2.45, 2.75) is 45.6 Å². The van der Waals surface area contributed by atoms with Crippen LogP contribution in [0.15, 0.2) is 42.5 Å². The molecule has 2 aromatic carbocycles. The number of rotatable bonds is 5. The van der Waals surface area contributed by atoms with Crippen molar-refractivity contribution in [3.05, 3.63) is 75.0 Å². The number of alkyl halides is 2. The van der Waals surface area contributed by atoms with Crippen LogP contribution < -0.4 is 9.92 Å². The van der Waals surface area contributed by atoms with Crippen molar-refractivity contribution >= 4 is 49.2 Å². The van der Waals surface area contributed by atoms with Gasteiger partial charge in [-0.05, 0) is 49.0 Å². The molecule has 3 heterocycles. The van der Waals surface area contributed by atoms with E-state index in [1.165, 1.54) is 12.1 Å². The normalized spacial score (nSPS) is 17.3. The predicted molar refractivity (Wildman–Crippen MR) is 137 cm³/mol. The van der Waals surface area contributed by atoms with Crippen molar-refractivity contribution in [2.75, 3.05) is 6.54 Å². The first-order chi connectivity index (χ1) is 17.6. The number of carbonyl (C=O) groups excluding carboxylic acids is 2. The van der Waals surface area contributed by atoms with Gasteiger partial charge < -0.3 is 14.2 Å². The molecule has 5 rings (SSSR count). The molecule has 0 saturated carbocycles. The Morgan fingerprint density at radius 2 is 1.86 bits per heavy atom. The van der Waals surface area contributed by atoms with E-state index in [-0.39, 0.29) is 30.2 Å². The molecule has 3 aromatic rings. The average molecular weight is 564 g/mol. The fraction of sp³-hybridized carbons (Fsp3) is 0.320. The van der Waals surface area contributed by atoms with Gasteiger partial charge in [-0.3, -0.25) is 14.3 Å². The van der Waals surface area contributed by atoms with Crippen molar-refractivity contribution in [2.24, 2.45) is 0 Å². The highest BCUT2D eigenvalue weighted by Crippen LogP contribution is 2.31. The Morgan fingerprint density at radius 1 is 1.14 bits per heavy atom. The van der Waals surface area contributed by atoms with Crippen molar-refractivity contribution in [1.82, 2.24) is 19.2 Å². The van der Waals surface area contributed by atoms with E-state index >= 15 is 0 Å². The number of nitrogens with zero attached hydrogens (tertiary/aromatic N) is 4. The third-order valence-electron chi connectivity index (χ3n) is 6.80. The SMILES string of the molecule is C[C@@H]1Cc2nn3c(c2CN1C(=O)c1ccc(Cl)c(Cl)c1)C(=O)N([Si](C)c1ccc(OC(F)F)cc1)CC3. The van der Waals surface area contributed by atoms with Crippen LogP contribution in [0.3, 0.4) is 0 Å². The fourth-order valence-corrected chi connectivity index (χ4v) is 6.95. The summed E-state index contributed by atoms with van der Waals surface area (Å²) in [6, 6.07) is 11.1. The fourth-order valence-electron chi connectivity index (χ4n) is 4.84. The van der Waals surface area contributed by atoms with Gasteiger partial charge in [0.2, 0.25) is 8.96 Å². The summed E-state index contributed by atoms with van der Waals surface area (Å²) < 4.78 is 33.0. The van der Waals surface area contributed by atoms with Crippen LogP contribution in [-0.4, -0.2) is 59.2 Å². The van der Waals surface area contributed by atoms with Crippen molar-refractivity contribution < 1.29 is 23.1 Å². The highest BCUT2D eigenvalue weighted by atomic mass is 35.5. The molecule has 0 N–H and O–H groups in total. The van der Waals surface area contributed by atoms with Gasteiger partial charge in [-0.2, -0.15) is 13.9 Å². The first kappa shape index (κ1) is 25.7. The molecule has 12 heteroatoms. The number of benzene rings is 2. The molecular weight excluding hydrogens is 541 g/mol. The summed E-state index contributed by atoms with van der Waals surface area (Å²) in [4.78, 5) is 28.8. The van der Waals surface area contributed by atoms with Crippen LogP contribution in [0, 0.1) is 0 Å². The summed E-state index contributed by atoms with van der Waals surface area (Å²) in [5.41, 5.74) is 2.52. The maximum absolute atomic E-state index is 13.7. The molecule has 2 amide bonds. The largest absolute Gasteiger partial charge is 0.435 e. The summed E-state index contributed by atoms with van der Waals surface area (Å²) in [7, 11) is -1.51. The van der Waals surface area contributed by atoms with Crippen LogP contribution in [0.25, 0.3) is 0 Å². The molecule has 0 unspecified atom stereocenters. The lowest BCUT2D eigenvalue weighted by Crippen LogP contribution is -2.53. The third kappa shape index (κ3) is 4.85. The molecule has 0 fully saturated rings. The molecule has 0 aliphatic carbocycles. The number of hydrogen-bond donors (Lipinski definition) is 0. The first-order valence-corrected chi connectivity index (χ1v) is 14.4. The van der Waals surface area contributed by atoms with Crippen molar-refractivity contribution in [3.8, 4) is 5.75 Å². The van der Waals surface area contributed by atoms with Crippen LogP contribution in [0.2, 0.25) is 16.6 Å². The van der Waals surface area contributed by atoms with Gasteiger partial charge in [-0.25, -0.2) is 0 Å². The van der Waals surface area contributed by atoms with E-state index in [0.717, 1.165) is 16.4 Å². The van der Waals surface area contributed by atoms with Crippen LogP contribution >= 0.6 is 23.2 Å². The molecule has 1 atom stereocenters. The Kier molecular flexibility index (Phi) is 6.99. The number of ether oxygens (including phenoxy) is 1.